The quantitative estimate of drug-likeness (QED) is 0.848. The van der Waals surface area contributed by atoms with E-state index in [-0.39, 0.29) is 13.1 Å². The predicted molar refractivity (Wildman–Crippen MR) is 76.9 cm³/mol. The number of fused-ring (bicyclic) bond motifs is 1. The Balaban J connectivity index is 1.67. The molecular weight excluding hydrogens is 317 g/mol. The molecule has 0 spiro atoms. The normalized spacial score (nSPS) is 16.3. The molecule has 0 bridgehead atoms. The summed E-state index contributed by atoms with van der Waals surface area (Å²) in [5, 5.41) is 2.86. The number of thiophene rings is 1. The van der Waals surface area contributed by atoms with Gasteiger partial charge in [0.05, 0.1) is 5.39 Å². The molecule has 0 aliphatic carbocycles. The maximum Gasteiger partial charge on any atom is 0.397 e. The molecule has 0 N–H and O–H groups in total. The van der Waals surface area contributed by atoms with E-state index in [1.165, 1.54) is 22.6 Å². The van der Waals surface area contributed by atoms with E-state index in [2.05, 4.69) is 9.97 Å². The third-order valence-electron chi connectivity index (χ3n) is 3.52. The van der Waals surface area contributed by atoms with Gasteiger partial charge in [-0.2, -0.15) is 13.2 Å². The summed E-state index contributed by atoms with van der Waals surface area (Å²) in [4.78, 5) is 24.1. The topological polar surface area (TPSA) is 49.3 Å². The van der Waals surface area contributed by atoms with Crippen LogP contribution in [0.25, 0.3) is 10.2 Å². The lowest BCUT2D eigenvalue weighted by atomic mass is 10.2. The van der Waals surface area contributed by atoms with Crippen LogP contribution in [-0.4, -0.2) is 53.1 Å². The van der Waals surface area contributed by atoms with Crippen LogP contribution in [0, 0.1) is 0 Å². The Labute approximate surface area is 128 Å². The second kappa shape index (κ2) is 5.71. The lowest BCUT2D eigenvalue weighted by Gasteiger charge is -2.35. The minimum absolute atomic E-state index is 0.268. The fourth-order valence-corrected chi connectivity index (χ4v) is 3.21. The van der Waals surface area contributed by atoms with E-state index < -0.39 is 18.5 Å². The first kappa shape index (κ1) is 15.0. The Hall–Kier alpha value is -1.90. The van der Waals surface area contributed by atoms with Gasteiger partial charge in [-0.15, -0.1) is 11.3 Å². The molecule has 118 valence electrons. The van der Waals surface area contributed by atoms with Crippen LogP contribution in [0.3, 0.4) is 0 Å². The van der Waals surface area contributed by atoms with E-state index in [1.54, 1.807) is 0 Å². The van der Waals surface area contributed by atoms with Gasteiger partial charge in [0.2, 0.25) is 5.91 Å². The first-order valence-electron chi connectivity index (χ1n) is 6.72. The van der Waals surface area contributed by atoms with Crippen LogP contribution in [0.1, 0.15) is 6.42 Å². The molecule has 0 saturated carbocycles. The zero-order chi connectivity index (χ0) is 15.7. The van der Waals surface area contributed by atoms with Crippen molar-refractivity contribution >= 4 is 33.3 Å². The lowest BCUT2D eigenvalue weighted by molar-refractivity contribution is -0.161. The van der Waals surface area contributed by atoms with E-state index in [0.29, 0.717) is 13.1 Å². The molecule has 0 unspecified atom stereocenters. The maximum absolute atomic E-state index is 12.3. The number of hydrogen-bond donors (Lipinski definition) is 0. The summed E-state index contributed by atoms with van der Waals surface area (Å²) in [6, 6.07) is 1.93. The third kappa shape index (κ3) is 3.13. The summed E-state index contributed by atoms with van der Waals surface area (Å²) in [7, 11) is 0. The van der Waals surface area contributed by atoms with Gasteiger partial charge in [-0.1, -0.05) is 0 Å². The Morgan fingerprint density at radius 3 is 2.64 bits per heavy atom. The minimum atomic E-state index is -4.45. The lowest BCUT2D eigenvalue weighted by Crippen LogP contribution is -2.49. The molecule has 1 amide bonds. The Morgan fingerprint density at radius 2 is 1.95 bits per heavy atom. The van der Waals surface area contributed by atoms with Gasteiger partial charge in [-0.3, -0.25) is 4.79 Å². The van der Waals surface area contributed by atoms with Crippen molar-refractivity contribution in [3.05, 3.63) is 17.8 Å². The molecule has 9 heteroatoms. The van der Waals surface area contributed by atoms with E-state index in [1.807, 2.05) is 16.3 Å². The molecule has 2 aromatic heterocycles. The maximum atomic E-state index is 12.3. The van der Waals surface area contributed by atoms with Crippen LogP contribution < -0.4 is 4.90 Å². The molecule has 1 aliphatic heterocycles. The zero-order valence-electron chi connectivity index (χ0n) is 11.5. The molecule has 1 fully saturated rings. The number of carbonyl (C=O) groups excluding carboxylic acids is 1. The number of halogens is 3. The summed E-state index contributed by atoms with van der Waals surface area (Å²) < 4.78 is 36.8. The SMILES string of the molecule is O=C(CC(F)(F)F)N1CCN(c2ncnc3sccc23)CC1. The number of rotatable bonds is 2. The summed E-state index contributed by atoms with van der Waals surface area (Å²) in [6.07, 6.45) is -4.37. The fourth-order valence-electron chi connectivity index (χ4n) is 2.48. The molecule has 5 nitrogen and oxygen atoms in total. The largest absolute Gasteiger partial charge is 0.397 e. The van der Waals surface area contributed by atoms with Crippen molar-refractivity contribution in [1.29, 1.82) is 0 Å². The van der Waals surface area contributed by atoms with Crippen molar-refractivity contribution in [2.75, 3.05) is 31.1 Å². The summed E-state index contributed by atoms with van der Waals surface area (Å²) in [5.41, 5.74) is 0. The average Bonchev–Trinajstić information content (AvgIpc) is 2.94. The number of piperazine rings is 1. The molecule has 2 aromatic rings. The number of amides is 1. The smallest absolute Gasteiger partial charge is 0.352 e. The molecule has 3 heterocycles. The van der Waals surface area contributed by atoms with Crippen LogP contribution in [-0.2, 0) is 4.79 Å². The van der Waals surface area contributed by atoms with Gasteiger partial charge < -0.3 is 9.80 Å². The highest BCUT2D eigenvalue weighted by Gasteiger charge is 2.34. The van der Waals surface area contributed by atoms with Gasteiger partial charge in [0.1, 0.15) is 23.4 Å². The van der Waals surface area contributed by atoms with Crippen LogP contribution in [0.2, 0.25) is 0 Å². The van der Waals surface area contributed by atoms with Crippen molar-refractivity contribution in [1.82, 2.24) is 14.9 Å². The number of aromatic nitrogens is 2. The predicted octanol–water partition coefficient (Wildman–Crippen LogP) is 2.29. The van der Waals surface area contributed by atoms with Crippen molar-refractivity contribution in [3.63, 3.8) is 0 Å². The van der Waals surface area contributed by atoms with Crippen molar-refractivity contribution in [2.24, 2.45) is 0 Å². The number of hydrogen-bond acceptors (Lipinski definition) is 5. The molecule has 1 saturated heterocycles. The molecule has 22 heavy (non-hydrogen) atoms. The molecule has 0 radical (unpaired) electrons. The monoisotopic (exact) mass is 330 g/mol. The highest BCUT2D eigenvalue weighted by molar-refractivity contribution is 7.16. The van der Waals surface area contributed by atoms with Gasteiger partial charge in [-0.25, -0.2) is 9.97 Å². The van der Waals surface area contributed by atoms with Crippen LogP contribution in [0.4, 0.5) is 19.0 Å². The molecule has 1 aliphatic rings. The Kier molecular flexibility index (Phi) is 3.90. The van der Waals surface area contributed by atoms with Gasteiger partial charge in [0.15, 0.2) is 0 Å². The molecular formula is C13H13F3N4OS. The fraction of sp³-hybridized carbons (Fsp3) is 0.462. The second-order valence-corrected chi connectivity index (χ2v) is 5.89. The number of alkyl halides is 3. The van der Waals surface area contributed by atoms with Gasteiger partial charge in [-0.05, 0) is 11.4 Å². The summed E-state index contributed by atoms with van der Waals surface area (Å²) >= 11 is 1.51. The van der Waals surface area contributed by atoms with Gasteiger partial charge in [0, 0.05) is 26.2 Å². The van der Waals surface area contributed by atoms with Crippen LogP contribution in [0.5, 0.6) is 0 Å². The molecule has 0 aromatic carbocycles. The zero-order valence-corrected chi connectivity index (χ0v) is 12.3. The Bertz CT molecular complexity index is 679. The van der Waals surface area contributed by atoms with Crippen LogP contribution >= 0.6 is 11.3 Å². The second-order valence-electron chi connectivity index (χ2n) is 5.00. The number of carbonyl (C=O) groups is 1. The first-order valence-corrected chi connectivity index (χ1v) is 7.60. The van der Waals surface area contributed by atoms with Crippen molar-refractivity contribution < 1.29 is 18.0 Å². The summed E-state index contributed by atoms with van der Waals surface area (Å²) in [5.74, 6) is -0.0929. The van der Waals surface area contributed by atoms with E-state index in [0.717, 1.165) is 16.0 Å². The van der Waals surface area contributed by atoms with E-state index >= 15 is 0 Å². The highest BCUT2D eigenvalue weighted by atomic mass is 32.1. The van der Waals surface area contributed by atoms with Crippen molar-refractivity contribution in [2.45, 2.75) is 12.6 Å². The first-order chi connectivity index (χ1) is 10.4. The summed E-state index contributed by atoms with van der Waals surface area (Å²) in [6.45, 7) is 1.46. The Morgan fingerprint density at radius 1 is 1.23 bits per heavy atom. The minimum Gasteiger partial charge on any atom is -0.352 e. The van der Waals surface area contributed by atoms with Gasteiger partial charge in [0.25, 0.3) is 0 Å². The highest BCUT2D eigenvalue weighted by Crippen LogP contribution is 2.27. The molecule has 0 atom stereocenters. The molecule has 3 rings (SSSR count). The standard InChI is InChI=1S/C13H13F3N4OS/c14-13(15,16)7-10(21)19-2-4-20(5-3-19)11-9-1-6-22-12(9)18-8-17-11/h1,6,8H,2-5,7H2. The van der Waals surface area contributed by atoms with E-state index in [9.17, 15) is 18.0 Å². The van der Waals surface area contributed by atoms with Crippen LogP contribution in [0.15, 0.2) is 17.8 Å². The van der Waals surface area contributed by atoms with Crippen molar-refractivity contribution in [3.8, 4) is 0 Å². The third-order valence-corrected chi connectivity index (χ3v) is 4.35. The average molecular weight is 330 g/mol. The number of nitrogens with zero attached hydrogens (tertiary/aromatic N) is 4. The van der Waals surface area contributed by atoms with Gasteiger partial charge >= 0.3 is 6.18 Å². The van der Waals surface area contributed by atoms with E-state index in [4.69, 9.17) is 0 Å². The number of anilines is 1.